The second kappa shape index (κ2) is 7.33. The summed E-state index contributed by atoms with van der Waals surface area (Å²) in [6, 6.07) is 5.49. The summed E-state index contributed by atoms with van der Waals surface area (Å²) in [5.74, 6) is 0.705. The number of carbonyl (C=O) groups excluding carboxylic acids is 1. The molecule has 94 valence electrons. The van der Waals surface area contributed by atoms with Crippen molar-refractivity contribution in [3.05, 3.63) is 29.3 Å². The highest BCUT2D eigenvalue weighted by atomic mass is 79.9. The number of carbonyl (C=O) groups is 1. The van der Waals surface area contributed by atoms with Gasteiger partial charge in [0.1, 0.15) is 5.75 Å². The third-order valence-electron chi connectivity index (χ3n) is 2.52. The number of nitrogens with one attached hydrogen (secondary N) is 1. The van der Waals surface area contributed by atoms with E-state index in [1.54, 1.807) is 13.2 Å². The van der Waals surface area contributed by atoms with Gasteiger partial charge in [-0.2, -0.15) is 0 Å². The molecule has 0 saturated heterocycles. The zero-order chi connectivity index (χ0) is 12.7. The van der Waals surface area contributed by atoms with Gasteiger partial charge in [0.25, 0.3) is 5.91 Å². The molecule has 0 aliphatic heterocycles. The van der Waals surface area contributed by atoms with Crippen molar-refractivity contribution in [1.29, 1.82) is 0 Å². The molecule has 0 aliphatic carbocycles. The molecule has 0 spiro atoms. The fraction of sp³-hybridized carbons (Fsp3) is 0.462. The fourth-order valence-corrected chi connectivity index (χ4v) is 1.88. The number of ether oxygens (including phenoxy) is 1. The summed E-state index contributed by atoms with van der Waals surface area (Å²) in [5.41, 5.74) is 1.68. The van der Waals surface area contributed by atoms with Crippen LogP contribution in [0.15, 0.2) is 18.2 Å². The normalized spacial score (nSPS) is 10.1. The second-order valence-electron chi connectivity index (χ2n) is 3.84. The highest BCUT2D eigenvalue weighted by molar-refractivity contribution is 9.09. The molecule has 1 aromatic rings. The van der Waals surface area contributed by atoms with Crippen molar-refractivity contribution in [2.45, 2.75) is 19.8 Å². The van der Waals surface area contributed by atoms with Crippen LogP contribution < -0.4 is 10.1 Å². The summed E-state index contributed by atoms with van der Waals surface area (Å²) >= 11 is 3.36. The lowest BCUT2D eigenvalue weighted by Crippen LogP contribution is -2.24. The molecule has 4 heteroatoms. The van der Waals surface area contributed by atoms with Crippen molar-refractivity contribution in [1.82, 2.24) is 5.32 Å². The number of hydrogen-bond donors (Lipinski definition) is 1. The smallest absolute Gasteiger partial charge is 0.251 e. The maximum Gasteiger partial charge on any atom is 0.251 e. The first-order chi connectivity index (χ1) is 8.19. The molecule has 0 saturated carbocycles. The van der Waals surface area contributed by atoms with E-state index in [0.717, 1.165) is 29.5 Å². The average Bonchev–Trinajstić information content (AvgIpc) is 2.35. The predicted octanol–water partition coefficient (Wildman–Crippen LogP) is 2.91. The van der Waals surface area contributed by atoms with E-state index in [1.165, 1.54) is 0 Å². The zero-order valence-electron chi connectivity index (χ0n) is 10.3. The summed E-state index contributed by atoms with van der Waals surface area (Å²) in [4.78, 5) is 11.8. The molecular formula is C13H18BrNO2. The van der Waals surface area contributed by atoms with Gasteiger partial charge < -0.3 is 10.1 Å². The topological polar surface area (TPSA) is 38.3 Å². The molecule has 0 aliphatic rings. The van der Waals surface area contributed by atoms with Crippen molar-refractivity contribution >= 4 is 21.8 Å². The minimum Gasteiger partial charge on any atom is -0.496 e. The lowest BCUT2D eigenvalue weighted by atomic mass is 10.1. The van der Waals surface area contributed by atoms with Gasteiger partial charge >= 0.3 is 0 Å². The van der Waals surface area contributed by atoms with Gasteiger partial charge in [-0.3, -0.25) is 4.79 Å². The van der Waals surface area contributed by atoms with E-state index in [2.05, 4.69) is 21.2 Å². The Kier molecular flexibility index (Phi) is 6.05. The number of unbranched alkanes of at least 4 members (excludes halogenated alkanes) is 1. The minimum atomic E-state index is -0.0436. The summed E-state index contributed by atoms with van der Waals surface area (Å²) < 4.78 is 5.19. The number of aryl methyl sites for hydroxylation is 1. The first-order valence-electron chi connectivity index (χ1n) is 5.68. The molecule has 1 aromatic carbocycles. The Morgan fingerprint density at radius 1 is 1.41 bits per heavy atom. The van der Waals surface area contributed by atoms with Gasteiger partial charge in [0.15, 0.2) is 0 Å². The fourth-order valence-electron chi connectivity index (χ4n) is 1.48. The van der Waals surface area contributed by atoms with E-state index in [-0.39, 0.29) is 5.91 Å². The Morgan fingerprint density at radius 2 is 2.18 bits per heavy atom. The van der Waals surface area contributed by atoms with Gasteiger partial charge in [-0.15, -0.1) is 0 Å². The van der Waals surface area contributed by atoms with Crippen molar-refractivity contribution < 1.29 is 9.53 Å². The van der Waals surface area contributed by atoms with Crippen molar-refractivity contribution in [2.75, 3.05) is 19.0 Å². The number of rotatable bonds is 6. The summed E-state index contributed by atoms with van der Waals surface area (Å²) in [5, 5.41) is 3.86. The molecule has 0 heterocycles. The van der Waals surface area contributed by atoms with Gasteiger partial charge in [-0.25, -0.2) is 0 Å². The molecule has 1 rings (SSSR count). The molecule has 17 heavy (non-hydrogen) atoms. The first kappa shape index (κ1) is 14.0. The van der Waals surface area contributed by atoms with E-state index >= 15 is 0 Å². The molecule has 0 fully saturated rings. The maximum atomic E-state index is 11.8. The Balaban J connectivity index is 2.57. The SMILES string of the molecule is COc1cc(C(=O)NCCCCBr)ccc1C. The summed E-state index contributed by atoms with van der Waals surface area (Å²) in [7, 11) is 1.61. The highest BCUT2D eigenvalue weighted by Crippen LogP contribution is 2.18. The quantitative estimate of drug-likeness (QED) is 0.648. The van der Waals surface area contributed by atoms with Crippen LogP contribution in [0.4, 0.5) is 0 Å². The number of alkyl halides is 1. The Morgan fingerprint density at radius 3 is 2.82 bits per heavy atom. The second-order valence-corrected chi connectivity index (χ2v) is 4.63. The van der Waals surface area contributed by atoms with Crippen LogP contribution in [0, 0.1) is 6.92 Å². The van der Waals surface area contributed by atoms with E-state index < -0.39 is 0 Å². The Bertz CT molecular complexity index is 380. The average molecular weight is 300 g/mol. The highest BCUT2D eigenvalue weighted by Gasteiger charge is 2.07. The van der Waals surface area contributed by atoms with Crippen LogP contribution in [-0.4, -0.2) is 24.9 Å². The molecule has 0 aromatic heterocycles. The van der Waals surface area contributed by atoms with Crippen LogP contribution in [0.1, 0.15) is 28.8 Å². The lowest BCUT2D eigenvalue weighted by molar-refractivity contribution is 0.0953. The third-order valence-corrected chi connectivity index (χ3v) is 3.08. The van der Waals surface area contributed by atoms with E-state index in [0.29, 0.717) is 12.1 Å². The van der Waals surface area contributed by atoms with Crippen LogP contribution in [0.25, 0.3) is 0 Å². The Hall–Kier alpha value is -1.03. The molecule has 1 amide bonds. The zero-order valence-corrected chi connectivity index (χ0v) is 11.8. The van der Waals surface area contributed by atoms with Crippen LogP contribution in [0.3, 0.4) is 0 Å². The molecular weight excluding hydrogens is 282 g/mol. The molecule has 0 radical (unpaired) electrons. The Labute approximate surface area is 111 Å². The van der Waals surface area contributed by atoms with Gasteiger partial charge in [0.05, 0.1) is 7.11 Å². The summed E-state index contributed by atoms with van der Waals surface area (Å²) in [6.45, 7) is 2.66. The van der Waals surface area contributed by atoms with Crippen molar-refractivity contribution in [3.63, 3.8) is 0 Å². The number of amides is 1. The maximum absolute atomic E-state index is 11.8. The van der Waals surface area contributed by atoms with Gasteiger partial charge in [-0.05, 0) is 37.5 Å². The van der Waals surface area contributed by atoms with Crippen LogP contribution in [-0.2, 0) is 0 Å². The monoisotopic (exact) mass is 299 g/mol. The van der Waals surface area contributed by atoms with Crippen LogP contribution in [0.2, 0.25) is 0 Å². The molecule has 0 bridgehead atoms. The van der Waals surface area contributed by atoms with E-state index in [1.807, 2.05) is 19.1 Å². The van der Waals surface area contributed by atoms with Crippen molar-refractivity contribution in [2.24, 2.45) is 0 Å². The van der Waals surface area contributed by atoms with Gasteiger partial charge in [0.2, 0.25) is 0 Å². The van der Waals surface area contributed by atoms with E-state index in [9.17, 15) is 4.79 Å². The predicted molar refractivity (Wildman–Crippen MR) is 73.1 cm³/mol. The number of hydrogen-bond acceptors (Lipinski definition) is 2. The largest absolute Gasteiger partial charge is 0.496 e. The van der Waals surface area contributed by atoms with Crippen LogP contribution in [0.5, 0.6) is 5.75 Å². The molecule has 3 nitrogen and oxygen atoms in total. The lowest BCUT2D eigenvalue weighted by Gasteiger charge is -2.08. The first-order valence-corrected chi connectivity index (χ1v) is 6.80. The number of methoxy groups -OCH3 is 1. The third kappa shape index (κ3) is 4.38. The van der Waals surface area contributed by atoms with Gasteiger partial charge in [-0.1, -0.05) is 22.0 Å². The van der Waals surface area contributed by atoms with Gasteiger partial charge in [0, 0.05) is 17.4 Å². The minimum absolute atomic E-state index is 0.0436. The molecule has 0 unspecified atom stereocenters. The van der Waals surface area contributed by atoms with E-state index in [4.69, 9.17) is 4.74 Å². The van der Waals surface area contributed by atoms with Crippen LogP contribution >= 0.6 is 15.9 Å². The molecule has 1 N–H and O–H groups in total. The van der Waals surface area contributed by atoms with Crippen molar-refractivity contribution in [3.8, 4) is 5.75 Å². The molecule has 0 atom stereocenters. The standard InChI is InChI=1S/C13H18BrNO2/c1-10-5-6-11(9-12(10)17-2)13(16)15-8-4-3-7-14/h5-6,9H,3-4,7-8H2,1-2H3,(H,15,16). The number of halogens is 1. The summed E-state index contributed by atoms with van der Waals surface area (Å²) in [6.07, 6.45) is 2.05. The number of benzene rings is 1.